The van der Waals surface area contributed by atoms with E-state index in [-0.39, 0.29) is 50.3 Å². The van der Waals surface area contributed by atoms with Gasteiger partial charge in [-0.3, -0.25) is 47.9 Å². The molecule has 0 aromatic heterocycles. The predicted molar refractivity (Wildman–Crippen MR) is 259 cm³/mol. The van der Waals surface area contributed by atoms with Gasteiger partial charge in [0, 0.05) is 30.9 Å². The van der Waals surface area contributed by atoms with Crippen molar-refractivity contribution in [1.82, 2.24) is 47.4 Å². The molecule has 24 nitrogen and oxygen atoms in total. The lowest BCUT2D eigenvalue weighted by atomic mass is 9.96. The summed E-state index contributed by atoms with van der Waals surface area (Å²) in [4.78, 5) is 136. The molecule has 1 aromatic carbocycles. The highest BCUT2D eigenvalue weighted by atomic mass is 33.1. The summed E-state index contributed by atoms with van der Waals surface area (Å²) in [5.74, 6) is -8.13. The van der Waals surface area contributed by atoms with E-state index in [1.807, 2.05) is 6.92 Å². The first-order valence-electron chi connectivity index (χ1n) is 23.2. The molecular formula is C44H69N11O13S2. The minimum Gasteiger partial charge on any atom is -0.494 e. The average Bonchev–Trinajstić information content (AvgIpc) is 3.82. The number of primary amides is 1. The normalized spacial score (nSPS) is 23.4. The molecule has 26 heteroatoms. The highest BCUT2D eigenvalue weighted by Crippen LogP contribution is 2.26. The number of nitrogens with one attached hydrogen (secondary N) is 8. The lowest BCUT2D eigenvalue weighted by molar-refractivity contribution is -0.142. The van der Waals surface area contributed by atoms with E-state index in [0.29, 0.717) is 37.2 Å². The molecule has 3 rings (SSSR count). The van der Waals surface area contributed by atoms with E-state index in [1.54, 1.807) is 38.1 Å². The first kappa shape index (κ1) is 58.6. The first-order chi connectivity index (χ1) is 33.3. The van der Waals surface area contributed by atoms with Gasteiger partial charge in [-0.25, -0.2) is 0 Å². The SMILES string of the molecule is CCOc1ccc(C[C@H]2NC(=O)CCSSC[C@@H](C(=O)N3CCC[C@H]3C(=O)N[C@@H](CCCN)C(=O)NCC(N)=O)NC(=O)[C@H](CC(=O)NCO)NC(=O)[C@H]([C@@H](C)O)NC(=O)[C@H]([C@@H](C)CC)NC2=O)cc1. The number of benzene rings is 1. The van der Waals surface area contributed by atoms with Gasteiger partial charge in [-0.2, -0.15) is 0 Å². The molecule has 0 bridgehead atoms. The maximum Gasteiger partial charge on any atom is 0.246 e. The van der Waals surface area contributed by atoms with E-state index < -0.39 is 133 Å². The Kier molecular flexibility index (Phi) is 25.2. The van der Waals surface area contributed by atoms with Crippen molar-refractivity contribution >= 4 is 80.7 Å². The van der Waals surface area contributed by atoms with Crippen molar-refractivity contribution in [3.63, 3.8) is 0 Å². The number of nitrogens with zero attached hydrogens (tertiary/aromatic N) is 1. The van der Waals surface area contributed by atoms with Crippen molar-refractivity contribution < 1.29 is 62.9 Å². The molecular weight excluding hydrogens is 955 g/mol. The van der Waals surface area contributed by atoms with Gasteiger partial charge in [-0.05, 0) is 69.7 Å². The Morgan fingerprint density at radius 1 is 0.886 bits per heavy atom. The second kappa shape index (κ2) is 30.1. The molecule has 2 fully saturated rings. The molecule has 390 valence electrons. The fraction of sp³-hybridized carbons (Fsp3) is 0.636. The summed E-state index contributed by atoms with van der Waals surface area (Å²) < 4.78 is 5.54. The van der Waals surface area contributed by atoms with Crippen molar-refractivity contribution in [3.05, 3.63) is 29.8 Å². The van der Waals surface area contributed by atoms with Crippen LogP contribution in [0.15, 0.2) is 24.3 Å². The van der Waals surface area contributed by atoms with Crippen LogP contribution in [-0.2, 0) is 54.4 Å². The minimum absolute atomic E-state index is 0.0144. The quantitative estimate of drug-likeness (QED) is 0.0473. The van der Waals surface area contributed by atoms with Gasteiger partial charge in [-0.15, -0.1) is 0 Å². The Bertz CT molecular complexity index is 1980. The molecule has 9 atom stereocenters. The van der Waals surface area contributed by atoms with E-state index in [1.165, 1.54) is 11.8 Å². The van der Waals surface area contributed by atoms with Crippen molar-refractivity contribution in [2.75, 3.05) is 44.5 Å². The van der Waals surface area contributed by atoms with Crippen LogP contribution in [0.1, 0.15) is 78.2 Å². The molecule has 14 N–H and O–H groups in total. The molecule has 10 amide bonds. The van der Waals surface area contributed by atoms with Crippen LogP contribution in [0.25, 0.3) is 0 Å². The van der Waals surface area contributed by atoms with Crippen LogP contribution in [-0.4, -0.2) is 167 Å². The van der Waals surface area contributed by atoms with E-state index >= 15 is 0 Å². The Labute approximate surface area is 414 Å². The van der Waals surface area contributed by atoms with E-state index in [2.05, 4.69) is 42.5 Å². The van der Waals surface area contributed by atoms with Crippen LogP contribution in [0.5, 0.6) is 5.75 Å². The van der Waals surface area contributed by atoms with Crippen molar-refractivity contribution in [2.24, 2.45) is 17.4 Å². The van der Waals surface area contributed by atoms with E-state index in [0.717, 1.165) is 21.6 Å². The average molecular weight is 1020 g/mol. The summed E-state index contributed by atoms with van der Waals surface area (Å²) >= 11 is 0. The van der Waals surface area contributed by atoms with Gasteiger partial charge < -0.3 is 73.9 Å². The molecule has 70 heavy (non-hydrogen) atoms. The lowest BCUT2D eigenvalue weighted by Crippen LogP contribution is -2.63. The summed E-state index contributed by atoms with van der Waals surface area (Å²) in [6.45, 7) is 5.83. The number of amides is 10. The third-order valence-electron chi connectivity index (χ3n) is 11.4. The number of likely N-dealkylation sites (tertiary alicyclic amines) is 1. The molecule has 0 saturated carbocycles. The number of nitrogens with two attached hydrogens (primary N) is 2. The van der Waals surface area contributed by atoms with E-state index in [4.69, 9.17) is 16.2 Å². The second-order valence-corrected chi connectivity index (χ2v) is 19.4. The molecule has 0 spiro atoms. The molecule has 2 aliphatic rings. The van der Waals surface area contributed by atoms with Crippen molar-refractivity contribution in [3.8, 4) is 5.75 Å². The van der Waals surface area contributed by atoms with Gasteiger partial charge in [0.15, 0.2) is 0 Å². The van der Waals surface area contributed by atoms with Gasteiger partial charge in [0.05, 0.1) is 25.7 Å². The fourth-order valence-corrected chi connectivity index (χ4v) is 9.58. The molecule has 1 aromatic rings. The molecule has 2 saturated heterocycles. The second-order valence-electron chi connectivity index (χ2n) is 16.8. The monoisotopic (exact) mass is 1020 g/mol. The summed E-state index contributed by atoms with van der Waals surface area (Å²) in [6.07, 6.45) is -1.18. The molecule has 0 unspecified atom stereocenters. The lowest BCUT2D eigenvalue weighted by Gasteiger charge is -2.31. The molecule has 2 aliphatic heterocycles. The number of aliphatic hydroxyl groups is 2. The smallest absolute Gasteiger partial charge is 0.246 e. The summed E-state index contributed by atoms with van der Waals surface area (Å²) in [5.41, 5.74) is 11.5. The number of carbonyl (C=O) groups excluding carboxylic acids is 10. The number of hydrogen-bond acceptors (Lipinski definition) is 16. The van der Waals surface area contributed by atoms with Gasteiger partial charge in [-0.1, -0.05) is 54.0 Å². The Morgan fingerprint density at radius 2 is 1.56 bits per heavy atom. The van der Waals surface area contributed by atoms with Gasteiger partial charge in [0.2, 0.25) is 59.1 Å². The Balaban J connectivity index is 2.02. The fourth-order valence-electron chi connectivity index (χ4n) is 7.44. The zero-order chi connectivity index (χ0) is 51.9. The van der Waals surface area contributed by atoms with E-state index in [9.17, 15) is 58.2 Å². The molecule has 0 radical (unpaired) electrons. The van der Waals surface area contributed by atoms with Crippen LogP contribution >= 0.6 is 21.6 Å². The van der Waals surface area contributed by atoms with Crippen LogP contribution in [0.2, 0.25) is 0 Å². The third-order valence-corrected chi connectivity index (χ3v) is 13.8. The number of ether oxygens (including phenoxy) is 1. The largest absolute Gasteiger partial charge is 0.494 e. The summed E-state index contributed by atoms with van der Waals surface area (Å²) in [7, 11) is 2.24. The standard InChI is InChI=1S/C44H69N11O13S2/c1-5-24(3)36-42(65)54-37(25(4)57)43(66)51-30(20-35(60)48-23-56)39(62)52-31(44(67)55-17-8-10-32(55)41(64)50-28(9-7-16-45)38(61)47-21-33(46)58)22-70-69-18-15-34(59)49-29(40(63)53-36)19-26-11-13-27(14-12-26)68-6-2/h11-14,24-25,28-32,36-37,56-57H,5-10,15-23,45H2,1-4H3,(H2,46,58)(H,47,61)(H,48,60)(H,49,59)(H,50,64)(H,51,66)(H,52,62)(H,53,63)(H,54,65)/t24-,25+,28-,29+,30-,31-,32-,36-,37-/m0/s1. The number of hydrogen-bond donors (Lipinski definition) is 12. The Morgan fingerprint density at radius 3 is 2.19 bits per heavy atom. The van der Waals surface area contributed by atoms with Crippen LogP contribution in [0.4, 0.5) is 0 Å². The Hall–Kier alpha value is -5.70. The van der Waals surface area contributed by atoms with Crippen LogP contribution in [0.3, 0.4) is 0 Å². The zero-order valence-corrected chi connectivity index (χ0v) is 41.5. The highest BCUT2D eigenvalue weighted by molar-refractivity contribution is 8.76. The van der Waals surface area contributed by atoms with Gasteiger partial charge in [0.25, 0.3) is 0 Å². The van der Waals surface area contributed by atoms with Crippen LogP contribution < -0.4 is 58.7 Å². The minimum atomic E-state index is -1.77. The van der Waals surface area contributed by atoms with Gasteiger partial charge >= 0.3 is 0 Å². The first-order valence-corrected chi connectivity index (χ1v) is 25.7. The van der Waals surface area contributed by atoms with Crippen molar-refractivity contribution in [1.29, 1.82) is 0 Å². The van der Waals surface area contributed by atoms with Crippen LogP contribution in [0, 0.1) is 5.92 Å². The molecule has 0 aliphatic carbocycles. The van der Waals surface area contributed by atoms with Gasteiger partial charge in [0.1, 0.15) is 54.8 Å². The maximum absolute atomic E-state index is 14.5. The zero-order valence-electron chi connectivity index (χ0n) is 39.9. The van der Waals surface area contributed by atoms with Crippen molar-refractivity contribution in [2.45, 2.75) is 127 Å². The topological polar surface area (TPSA) is 372 Å². The summed E-state index contributed by atoms with van der Waals surface area (Å²) in [6, 6.07) is -2.80. The summed E-state index contributed by atoms with van der Waals surface area (Å²) in [5, 5.41) is 40.3. The number of aliphatic hydroxyl groups excluding tert-OH is 2. The number of carbonyl (C=O) groups is 10. The molecule has 2 heterocycles. The predicted octanol–water partition coefficient (Wildman–Crippen LogP) is -3.46. The number of rotatable bonds is 19. The maximum atomic E-state index is 14.5. The highest BCUT2D eigenvalue weighted by Gasteiger charge is 2.41. The third kappa shape index (κ3) is 18.9.